The third kappa shape index (κ3) is 2.63. The lowest BCUT2D eigenvalue weighted by Crippen LogP contribution is -2.31. The van der Waals surface area contributed by atoms with Crippen LogP contribution in [0.4, 0.5) is 0 Å². The molecule has 2 heteroatoms. The summed E-state index contributed by atoms with van der Waals surface area (Å²) >= 11 is 5.91. The van der Waals surface area contributed by atoms with Crippen LogP contribution < -0.4 is 0 Å². The number of hydrogen-bond donors (Lipinski definition) is 0. The van der Waals surface area contributed by atoms with Crippen molar-refractivity contribution in [1.82, 2.24) is 4.90 Å². The molecule has 0 amide bonds. The fraction of sp³-hybridized carbons (Fsp3) is 1.00. The molecule has 0 spiro atoms. The minimum Gasteiger partial charge on any atom is -0.299 e. The lowest BCUT2D eigenvalue weighted by Gasteiger charge is -2.21. The molecule has 0 aliphatic carbocycles. The van der Waals surface area contributed by atoms with E-state index in [4.69, 9.17) is 11.6 Å². The van der Waals surface area contributed by atoms with Crippen molar-refractivity contribution in [1.29, 1.82) is 0 Å². The van der Waals surface area contributed by atoms with Crippen molar-refractivity contribution in [2.24, 2.45) is 5.92 Å². The van der Waals surface area contributed by atoms with Gasteiger partial charge in [0, 0.05) is 18.5 Å². The first-order valence-electron chi connectivity index (χ1n) is 5.08. The summed E-state index contributed by atoms with van der Waals surface area (Å²) < 4.78 is 0. The van der Waals surface area contributed by atoms with Gasteiger partial charge in [0.15, 0.2) is 0 Å². The highest BCUT2D eigenvalue weighted by Crippen LogP contribution is 2.23. The molecule has 1 saturated heterocycles. The minimum atomic E-state index is 0.660. The Hall–Kier alpha value is 0.250. The molecule has 0 aromatic heterocycles. The zero-order valence-electron chi connectivity index (χ0n) is 8.22. The SMILES string of the molecule is CCCCN1C[C@H](C)C[C@@H]1CCl. The van der Waals surface area contributed by atoms with Gasteiger partial charge in [-0.15, -0.1) is 11.6 Å². The predicted molar refractivity (Wildman–Crippen MR) is 54.8 cm³/mol. The van der Waals surface area contributed by atoms with E-state index in [2.05, 4.69) is 18.7 Å². The Morgan fingerprint density at radius 2 is 2.25 bits per heavy atom. The van der Waals surface area contributed by atoms with E-state index in [1.807, 2.05) is 0 Å². The number of alkyl halides is 1. The van der Waals surface area contributed by atoms with Crippen LogP contribution in [-0.4, -0.2) is 29.9 Å². The molecular formula is C10H20ClN. The van der Waals surface area contributed by atoms with Gasteiger partial charge in [-0.1, -0.05) is 20.3 Å². The largest absolute Gasteiger partial charge is 0.299 e. The fourth-order valence-corrected chi connectivity index (χ4v) is 2.35. The summed E-state index contributed by atoms with van der Waals surface area (Å²) in [5.41, 5.74) is 0. The maximum absolute atomic E-state index is 5.91. The first kappa shape index (κ1) is 10.3. The molecule has 0 aromatic rings. The first-order valence-corrected chi connectivity index (χ1v) is 5.61. The monoisotopic (exact) mass is 189 g/mol. The first-order chi connectivity index (χ1) is 5.77. The molecule has 0 N–H and O–H groups in total. The molecule has 0 aromatic carbocycles. The van der Waals surface area contributed by atoms with Crippen LogP contribution in [0.3, 0.4) is 0 Å². The Kier molecular flexibility index (Phi) is 4.38. The quantitative estimate of drug-likeness (QED) is 0.615. The number of hydrogen-bond acceptors (Lipinski definition) is 1. The molecule has 1 aliphatic heterocycles. The number of nitrogens with zero attached hydrogens (tertiary/aromatic N) is 1. The van der Waals surface area contributed by atoms with Crippen molar-refractivity contribution in [2.45, 2.75) is 39.2 Å². The van der Waals surface area contributed by atoms with Gasteiger partial charge in [0.2, 0.25) is 0 Å². The summed E-state index contributed by atoms with van der Waals surface area (Å²) in [6, 6.07) is 0.660. The summed E-state index contributed by atoms with van der Waals surface area (Å²) in [7, 11) is 0. The van der Waals surface area contributed by atoms with Crippen LogP contribution in [0.15, 0.2) is 0 Å². The topological polar surface area (TPSA) is 3.24 Å². The molecule has 2 atom stereocenters. The molecule has 1 fully saturated rings. The third-order valence-electron chi connectivity index (χ3n) is 2.71. The summed E-state index contributed by atoms with van der Waals surface area (Å²) in [5.74, 6) is 1.67. The molecule has 0 radical (unpaired) electrons. The maximum atomic E-state index is 5.91. The second kappa shape index (κ2) is 5.08. The Morgan fingerprint density at radius 3 is 2.83 bits per heavy atom. The normalized spacial score (nSPS) is 31.2. The van der Waals surface area contributed by atoms with Crippen molar-refractivity contribution in [3.05, 3.63) is 0 Å². The van der Waals surface area contributed by atoms with E-state index in [0.717, 1.165) is 11.8 Å². The molecule has 0 saturated carbocycles. The van der Waals surface area contributed by atoms with E-state index >= 15 is 0 Å². The average Bonchev–Trinajstić information content (AvgIpc) is 2.42. The van der Waals surface area contributed by atoms with E-state index in [0.29, 0.717) is 6.04 Å². The molecule has 0 unspecified atom stereocenters. The van der Waals surface area contributed by atoms with Gasteiger partial charge in [-0.2, -0.15) is 0 Å². The summed E-state index contributed by atoms with van der Waals surface area (Å²) in [4.78, 5) is 2.56. The summed E-state index contributed by atoms with van der Waals surface area (Å²) in [5, 5.41) is 0. The van der Waals surface area contributed by atoms with Crippen LogP contribution in [0.2, 0.25) is 0 Å². The highest BCUT2D eigenvalue weighted by molar-refractivity contribution is 6.18. The van der Waals surface area contributed by atoms with Gasteiger partial charge in [-0.3, -0.25) is 4.90 Å². The zero-order valence-corrected chi connectivity index (χ0v) is 8.98. The van der Waals surface area contributed by atoms with Crippen molar-refractivity contribution in [3.63, 3.8) is 0 Å². The van der Waals surface area contributed by atoms with Crippen molar-refractivity contribution >= 4 is 11.6 Å². The van der Waals surface area contributed by atoms with Crippen molar-refractivity contribution in [3.8, 4) is 0 Å². The highest BCUT2D eigenvalue weighted by atomic mass is 35.5. The van der Waals surface area contributed by atoms with Gasteiger partial charge in [0.25, 0.3) is 0 Å². The van der Waals surface area contributed by atoms with E-state index in [1.54, 1.807) is 0 Å². The van der Waals surface area contributed by atoms with E-state index in [9.17, 15) is 0 Å². The lowest BCUT2D eigenvalue weighted by atomic mass is 10.1. The standard InChI is InChI=1S/C10H20ClN/c1-3-4-5-12-8-9(2)6-10(12)7-11/h9-10H,3-8H2,1-2H3/t9-,10-/m1/s1. The molecule has 1 aliphatic rings. The highest BCUT2D eigenvalue weighted by Gasteiger charge is 2.27. The maximum Gasteiger partial charge on any atom is 0.0379 e. The van der Waals surface area contributed by atoms with Gasteiger partial charge in [0.1, 0.15) is 0 Å². The van der Waals surface area contributed by atoms with Crippen LogP contribution in [0.5, 0.6) is 0 Å². The zero-order chi connectivity index (χ0) is 8.97. The second-order valence-electron chi connectivity index (χ2n) is 4.00. The van der Waals surface area contributed by atoms with Crippen LogP contribution in [0.1, 0.15) is 33.1 Å². The number of halogens is 1. The molecule has 1 rings (SSSR count). The number of rotatable bonds is 4. The van der Waals surface area contributed by atoms with Crippen molar-refractivity contribution < 1.29 is 0 Å². The molecular weight excluding hydrogens is 170 g/mol. The Balaban J connectivity index is 2.30. The molecule has 1 heterocycles. The van der Waals surface area contributed by atoms with E-state index in [1.165, 1.54) is 32.4 Å². The van der Waals surface area contributed by atoms with Gasteiger partial charge in [0.05, 0.1) is 0 Å². The molecule has 0 bridgehead atoms. The van der Waals surface area contributed by atoms with Crippen LogP contribution in [-0.2, 0) is 0 Å². The number of likely N-dealkylation sites (tertiary alicyclic amines) is 1. The molecule has 1 nitrogen and oxygen atoms in total. The smallest absolute Gasteiger partial charge is 0.0379 e. The van der Waals surface area contributed by atoms with E-state index < -0.39 is 0 Å². The average molecular weight is 190 g/mol. The fourth-order valence-electron chi connectivity index (χ4n) is 2.03. The molecule has 72 valence electrons. The number of unbranched alkanes of at least 4 members (excludes halogenated alkanes) is 1. The van der Waals surface area contributed by atoms with Gasteiger partial charge >= 0.3 is 0 Å². The lowest BCUT2D eigenvalue weighted by molar-refractivity contribution is 0.263. The van der Waals surface area contributed by atoms with Gasteiger partial charge < -0.3 is 0 Å². The predicted octanol–water partition coefficient (Wildman–Crippen LogP) is 2.74. The van der Waals surface area contributed by atoms with E-state index in [-0.39, 0.29) is 0 Å². The van der Waals surface area contributed by atoms with Crippen LogP contribution in [0.25, 0.3) is 0 Å². The van der Waals surface area contributed by atoms with Crippen LogP contribution in [0, 0.1) is 5.92 Å². The van der Waals surface area contributed by atoms with Crippen molar-refractivity contribution in [2.75, 3.05) is 19.0 Å². The van der Waals surface area contributed by atoms with Crippen LogP contribution >= 0.6 is 11.6 Å². The Bertz CT molecular complexity index is 127. The summed E-state index contributed by atoms with van der Waals surface area (Å²) in [6.07, 6.45) is 3.91. The Labute approximate surface area is 81.1 Å². The third-order valence-corrected chi connectivity index (χ3v) is 3.07. The Morgan fingerprint density at radius 1 is 1.50 bits per heavy atom. The summed E-state index contributed by atoms with van der Waals surface area (Å²) in [6.45, 7) is 7.08. The minimum absolute atomic E-state index is 0.660. The second-order valence-corrected chi connectivity index (χ2v) is 4.31. The molecule has 12 heavy (non-hydrogen) atoms. The van der Waals surface area contributed by atoms with Gasteiger partial charge in [-0.05, 0) is 25.3 Å². The van der Waals surface area contributed by atoms with Gasteiger partial charge in [-0.25, -0.2) is 0 Å².